The highest BCUT2D eigenvalue weighted by molar-refractivity contribution is 7.89. The van der Waals surface area contributed by atoms with Crippen LogP contribution in [0.5, 0.6) is 0 Å². The second-order valence-electron chi connectivity index (χ2n) is 6.49. The maximum atomic E-state index is 11.5. The molecule has 3 nitrogen and oxygen atoms in total. The van der Waals surface area contributed by atoms with Crippen molar-refractivity contribution in [2.24, 2.45) is 17.8 Å². The van der Waals surface area contributed by atoms with Gasteiger partial charge < -0.3 is 5.32 Å². The van der Waals surface area contributed by atoms with Crippen LogP contribution in [0.25, 0.3) is 0 Å². The topological polar surface area (TPSA) is 46.2 Å². The molecule has 0 unspecified atom stereocenters. The molecule has 1 saturated carbocycles. The Kier molecular flexibility index (Phi) is 4.07. The third-order valence-electron chi connectivity index (χ3n) is 4.70. The minimum Gasteiger partial charge on any atom is -0.384 e. The van der Waals surface area contributed by atoms with Crippen LogP contribution in [0.1, 0.15) is 24.8 Å². The molecule has 4 heteroatoms. The third-order valence-corrected chi connectivity index (χ3v) is 5.54. The summed E-state index contributed by atoms with van der Waals surface area (Å²) in [4.78, 5) is 0. The maximum absolute atomic E-state index is 11.5. The Morgan fingerprint density at radius 1 is 1.19 bits per heavy atom. The summed E-state index contributed by atoms with van der Waals surface area (Å²) in [5, 5.41) is 3.49. The summed E-state index contributed by atoms with van der Waals surface area (Å²) in [6.45, 7) is 0.937. The van der Waals surface area contributed by atoms with Gasteiger partial charge in [-0.25, -0.2) is 8.42 Å². The fourth-order valence-corrected chi connectivity index (χ4v) is 4.45. The van der Waals surface area contributed by atoms with Crippen molar-refractivity contribution in [1.82, 2.24) is 0 Å². The van der Waals surface area contributed by atoms with E-state index in [1.54, 1.807) is 0 Å². The molecule has 0 radical (unpaired) electrons. The Morgan fingerprint density at radius 3 is 2.62 bits per heavy atom. The Morgan fingerprint density at radius 2 is 2.00 bits per heavy atom. The lowest BCUT2D eigenvalue weighted by Gasteiger charge is -2.38. The van der Waals surface area contributed by atoms with Crippen LogP contribution in [-0.4, -0.2) is 21.2 Å². The first-order valence-electron chi connectivity index (χ1n) is 7.69. The van der Waals surface area contributed by atoms with Crippen LogP contribution in [0.15, 0.2) is 36.4 Å². The van der Waals surface area contributed by atoms with Crippen molar-refractivity contribution in [3.8, 4) is 0 Å². The lowest BCUT2D eigenvalue weighted by molar-refractivity contribution is 0.231. The van der Waals surface area contributed by atoms with Crippen LogP contribution in [0.2, 0.25) is 0 Å². The molecule has 1 aromatic carbocycles. The molecule has 0 saturated heterocycles. The zero-order valence-corrected chi connectivity index (χ0v) is 13.3. The molecule has 3 aliphatic rings. The summed E-state index contributed by atoms with van der Waals surface area (Å²) in [5.41, 5.74) is 1.84. The van der Waals surface area contributed by atoms with Gasteiger partial charge in [-0.2, -0.15) is 0 Å². The van der Waals surface area contributed by atoms with E-state index in [-0.39, 0.29) is 5.75 Å². The maximum Gasteiger partial charge on any atom is 0.151 e. The highest BCUT2D eigenvalue weighted by atomic mass is 32.2. The van der Waals surface area contributed by atoms with Gasteiger partial charge in [-0.05, 0) is 48.6 Å². The zero-order chi connectivity index (χ0) is 14.9. The summed E-state index contributed by atoms with van der Waals surface area (Å²) in [7, 11) is -3.00. The predicted octanol–water partition coefficient (Wildman–Crippen LogP) is 3.25. The Balaban J connectivity index is 1.67. The van der Waals surface area contributed by atoms with Gasteiger partial charge in [0.25, 0.3) is 0 Å². The van der Waals surface area contributed by atoms with E-state index in [4.69, 9.17) is 0 Å². The Labute approximate surface area is 127 Å². The second kappa shape index (κ2) is 5.84. The number of anilines is 1. The molecule has 21 heavy (non-hydrogen) atoms. The SMILES string of the molecule is CS(=O)(=O)Cc1ccccc1NC[C@@H]1C[C@@H]2C=C[C@H]1CC2. The number of fused-ring (bicyclic) bond motifs is 2. The normalized spacial score (nSPS) is 27.8. The standard InChI is InChI=1S/C17H23NO2S/c1-21(19,20)12-15-4-2-3-5-17(15)18-11-16-10-13-6-8-14(16)9-7-13/h2-6,8,13-14,16,18H,7,9-12H2,1H3/t13-,14+,16+/m1/s1. The van der Waals surface area contributed by atoms with Gasteiger partial charge in [0.15, 0.2) is 9.84 Å². The average Bonchev–Trinajstić information content (AvgIpc) is 2.46. The van der Waals surface area contributed by atoms with Gasteiger partial charge in [0.1, 0.15) is 0 Å². The van der Waals surface area contributed by atoms with E-state index in [1.807, 2.05) is 24.3 Å². The molecule has 3 aliphatic carbocycles. The Hall–Kier alpha value is -1.29. The van der Waals surface area contributed by atoms with Crippen molar-refractivity contribution in [2.75, 3.05) is 18.1 Å². The number of nitrogens with one attached hydrogen (secondary N) is 1. The van der Waals surface area contributed by atoms with Crippen LogP contribution in [-0.2, 0) is 15.6 Å². The molecule has 3 atom stereocenters. The first-order chi connectivity index (χ1) is 10.0. The van der Waals surface area contributed by atoms with Crippen LogP contribution in [0, 0.1) is 17.8 Å². The first kappa shape index (κ1) is 14.6. The van der Waals surface area contributed by atoms with Gasteiger partial charge in [-0.3, -0.25) is 0 Å². The average molecular weight is 305 g/mol. The molecule has 114 valence electrons. The lowest BCUT2D eigenvalue weighted by Crippen LogP contribution is -2.32. The van der Waals surface area contributed by atoms with E-state index in [0.29, 0.717) is 11.8 Å². The van der Waals surface area contributed by atoms with Crippen LogP contribution in [0.4, 0.5) is 5.69 Å². The molecule has 4 rings (SSSR count). The van der Waals surface area contributed by atoms with Crippen molar-refractivity contribution in [3.05, 3.63) is 42.0 Å². The predicted molar refractivity (Wildman–Crippen MR) is 86.9 cm³/mol. The molecular weight excluding hydrogens is 282 g/mol. The molecule has 1 fully saturated rings. The van der Waals surface area contributed by atoms with Gasteiger partial charge >= 0.3 is 0 Å². The van der Waals surface area contributed by atoms with Crippen molar-refractivity contribution in [3.63, 3.8) is 0 Å². The van der Waals surface area contributed by atoms with Gasteiger partial charge in [-0.1, -0.05) is 30.4 Å². The molecule has 0 spiro atoms. The minimum atomic E-state index is -3.00. The van der Waals surface area contributed by atoms with E-state index in [9.17, 15) is 8.42 Å². The molecule has 2 bridgehead atoms. The van der Waals surface area contributed by atoms with E-state index in [1.165, 1.54) is 25.5 Å². The van der Waals surface area contributed by atoms with E-state index < -0.39 is 9.84 Å². The minimum absolute atomic E-state index is 0.104. The quantitative estimate of drug-likeness (QED) is 0.849. The number of rotatable bonds is 5. The molecule has 0 aromatic heterocycles. The van der Waals surface area contributed by atoms with Gasteiger partial charge in [-0.15, -0.1) is 0 Å². The van der Waals surface area contributed by atoms with Crippen molar-refractivity contribution in [1.29, 1.82) is 0 Å². The summed E-state index contributed by atoms with van der Waals surface area (Å²) >= 11 is 0. The highest BCUT2D eigenvalue weighted by Crippen LogP contribution is 2.40. The van der Waals surface area contributed by atoms with Crippen LogP contribution < -0.4 is 5.32 Å². The van der Waals surface area contributed by atoms with Crippen molar-refractivity contribution < 1.29 is 8.42 Å². The first-order valence-corrected chi connectivity index (χ1v) is 9.75. The van der Waals surface area contributed by atoms with Gasteiger partial charge in [0.05, 0.1) is 5.75 Å². The monoisotopic (exact) mass is 305 g/mol. The molecule has 0 aliphatic heterocycles. The van der Waals surface area contributed by atoms with Crippen molar-refractivity contribution >= 4 is 15.5 Å². The van der Waals surface area contributed by atoms with E-state index in [2.05, 4.69) is 17.5 Å². The summed E-state index contributed by atoms with van der Waals surface area (Å²) < 4.78 is 23.1. The third kappa shape index (κ3) is 3.67. The molecule has 0 heterocycles. The second-order valence-corrected chi connectivity index (χ2v) is 8.63. The fourth-order valence-electron chi connectivity index (χ4n) is 3.63. The Bertz CT molecular complexity index is 636. The number of benzene rings is 1. The van der Waals surface area contributed by atoms with Gasteiger partial charge in [0, 0.05) is 18.5 Å². The number of para-hydroxylation sites is 1. The number of hydrogen-bond donors (Lipinski definition) is 1. The van der Waals surface area contributed by atoms with Crippen LogP contribution >= 0.6 is 0 Å². The number of allylic oxidation sites excluding steroid dienone is 2. The van der Waals surface area contributed by atoms with Crippen LogP contribution in [0.3, 0.4) is 0 Å². The zero-order valence-electron chi connectivity index (χ0n) is 12.5. The number of sulfone groups is 1. The summed E-state index contributed by atoms with van der Waals surface area (Å²) in [6.07, 6.45) is 9.95. The van der Waals surface area contributed by atoms with E-state index >= 15 is 0 Å². The molecule has 0 amide bonds. The molecular formula is C17H23NO2S. The highest BCUT2D eigenvalue weighted by Gasteiger charge is 2.31. The summed E-state index contributed by atoms with van der Waals surface area (Å²) in [6, 6.07) is 7.74. The number of hydrogen-bond acceptors (Lipinski definition) is 3. The van der Waals surface area contributed by atoms with Gasteiger partial charge in [0.2, 0.25) is 0 Å². The fraction of sp³-hybridized carbons (Fsp3) is 0.529. The smallest absolute Gasteiger partial charge is 0.151 e. The van der Waals surface area contributed by atoms with E-state index in [0.717, 1.165) is 23.7 Å². The summed E-state index contributed by atoms with van der Waals surface area (Å²) in [5.74, 6) is 2.24. The molecule has 1 aromatic rings. The largest absolute Gasteiger partial charge is 0.384 e. The molecule has 1 N–H and O–H groups in total. The van der Waals surface area contributed by atoms with Crippen molar-refractivity contribution in [2.45, 2.75) is 25.0 Å². The lowest BCUT2D eigenvalue weighted by atomic mass is 9.69.